The summed E-state index contributed by atoms with van der Waals surface area (Å²) in [6.45, 7) is 1.19. The van der Waals surface area contributed by atoms with E-state index in [2.05, 4.69) is 5.32 Å². The van der Waals surface area contributed by atoms with Crippen molar-refractivity contribution < 1.29 is 28.5 Å². The van der Waals surface area contributed by atoms with Crippen LogP contribution in [0.4, 0.5) is 17.5 Å². The van der Waals surface area contributed by atoms with E-state index < -0.39 is 6.04 Å². The SMILES string of the molecule is COc1cc2nc(NC3=CN(c4cc(OC)c(OC)c(OC)c4)CN3C)nc(N3CCC[C@H]3C(N)=O)c2cc1OC. The molecule has 1 fully saturated rings. The van der Waals surface area contributed by atoms with Gasteiger partial charge in [0.1, 0.15) is 17.7 Å². The van der Waals surface area contributed by atoms with Gasteiger partial charge in [0.15, 0.2) is 23.0 Å². The maximum atomic E-state index is 12.3. The predicted octanol–water partition coefficient (Wildman–Crippen LogP) is 2.75. The van der Waals surface area contributed by atoms with Crippen LogP contribution in [0.2, 0.25) is 0 Å². The minimum Gasteiger partial charge on any atom is -0.493 e. The van der Waals surface area contributed by atoms with E-state index in [0.29, 0.717) is 65.7 Å². The molecule has 0 radical (unpaired) electrons. The molecule has 13 heteroatoms. The molecule has 1 atom stereocenters. The van der Waals surface area contributed by atoms with Crippen molar-refractivity contribution in [3.05, 3.63) is 36.3 Å². The lowest BCUT2D eigenvalue weighted by Gasteiger charge is -2.26. The number of benzene rings is 2. The zero-order valence-electron chi connectivity index (χ0n) is 24.1. The molecule has 2 aromatic carbocycles. The molecule has 0 spiro atoms. The monoisotopic (exact) mass is 565 g/mol. The lowest BCUT2D eigenvalue weighted by atomic mass is 10.1. The van der Waals surface area contributed by atoms with Gasteiger partial charge < -0.3 is 49.4 Å². The first-order valence-corrected chi connectivity index (χ1v) is 13.1. The van der Waals surface area contributed by atoms with E-state index >= 15 is 0 Å². The molecule has 2 aliphatic heterocycles. The van der Waals surface area contributed by atoms with Crippen molar-refractivity contribution >= 4 is 34.3 Å². The third-order valence-corrected chi connectivity index (χ3v) is 7.31. The Morgan fingerprint density at radius 1 is 0.927 bits per heavy atom. The van der Waals surface area contributed by atoms with Gasteiger partial charge >= 0.3 is 0 Å². The fourth-order valence-corrected chi connectivity index (χ4v) is 5.25. The summed E-state index contributed by atoms with van der Waals surface area (Å²) in [5.41, 5.74) is 7.24. The molecule has 218 valence electrons. The molecule has 3 aromatic rings. The van der Waals surface area contributed by atoms with E-state index in [1.165, 1.54) is 0 Å². The van der Waals surface area contributed by atoms with Crippen molar-refractivity contribution in [1.82, 2.24) is 14.9 Å². The Bertz CT molecular complexity index is 1470. The van der Waals surface area contributed by atoms with Crippen molar-refractivity contribution in [2.75, 3.05) is 70.9 Å². The molecule has 3 heterocycles. The first-order chi connectivity index (χ1) is 19.8. The number of rotatable bonds is 10. The number of hydrogen-bond donors (Lipinski definition) is 2. The van der Waals surface area contributed by atoms with Crippen LogP contribution >= 0.6 is 0 Å². The molecule has 0 unspecified atom stereocenters. The number of nitrogens with zero attached hydrogens (tertiary/aromatic N) is 5. The second kappa shape index (κ2) is 11.4. The van der Waals surface area contributed by atoms with E-state index in [1.54, 1.807) is 41.6 Å². The van der Waals surface area contributed by atoms with Crippen molar-refractivity contribution in [2.24, 2.45) is 5.73 Å². The number of aromatic nitrogens is 2. The molecular weight excluding hydrogens is 530 g/mol. The van der Waals surface area contributed by atoms with Gasteiger partial charge in [-0.05, 0) is 18.9 Å². The van der Waals surface area contributed by atoms with Crippen molar-refractivity contribution in [2.45, 2.75) is 18.9 Å². The van der Waals surface area contributed by atoms with Gasteiger partial charge in [0.25, 0.3) is 0 Å². The second-order valence-corrected chi connectivity index (χ2v) is 9.68. The van der Waals surface area contributed by atoms with Crippen LogP contribution in [0, 0.1) is 0 Å². The Labute approximate surface area is 238 Å². The number of hydrogen-bond acceptors (Lipinski definition) is 12. The molecule has 5 rings (SSSR count). The first-order valence-electron chi connectivity index (χ1n) is 13.1. The second-order valence-electron chi connectivity index (χ2n) is 9.68. The predicted molar refractivity (Wildman–Crippen MR) is 155 cm³/mol. The third kappa shape index (κ3) is 5.10. The third-order valence-electron chi connectivity index (χ3n) is 7.31. The van der Waals surface area contributed by atoms with Gasteiger partial charge in [-0.3, -0.25) is 4.79 Å². The Kier molecular flexibility index (Phi) is 7.68. The molecular formula is C28H35N7O6. The smallest absolute Gasteiger partial charge is 0.240 e. The highest BCUT2D eigenvalue weighted by molar-refractivity contribution is 5.95. The molecule has 2 aliphatic rings. The van der Waals surface area contributed by atoms with Crippen LogP contribution in [0.25, 0.3) is 10.9 Å². The summed E-state index contributed by atoms with van der Waals surface area (Å²) in [7, 11) is 9.85. The summed E-state index contributed by atoms with van der Waals surface area (Å²) < 4.78 is 27.6. The lowest BCUT2D eigenvalue weighted by molar-refractivity contribution is -0.119. The number of amides is 1. The Hall–Kier alpha value is -4.81. The van der Waals surface area contributed by atoms with E-state index in [9.17, 15) is 4.79 Å². The van der Waals surface area contributed by atoms with Gasteiger partial charge in [-0.25, -0.2) is 4.98 Å². The van der Waals surface area contributed by atoms with Crippen LogP contribution < -0.4 is 44.5 Å². The summed E-state index contributed by atoms with van der Waals surface area (Å²) in [5, 5.41) is 4.09. The molecule has 0 saturated carbocycles. The van der Waals surface area contributed by atoms with Gasteiger partial charge in [-0.2, -0.15) is 4.98 Å². The van der Waals surface area contributed by atoms with Crippen LogP contribution in [0.1, 0.15) is 12.8 Å². The average molecular weight is 566 g/mol. The van der Waals surface area contributed by atoms with Gasteiger partial charge in [0, 0.05) is 49.1 Å². The highest BCUT2D eigenvalue weighted by atomic mass is 16.5. The number of carbonyl (C=O) groups is 1. The minimum atomic E-state index is -0.460. The highest BCUT2D eigenvalue weighted by Gasteiger charge is 2.32. The first kappa shape index (κ1) is 27.7. The zero-order valence-corrected chi connectivity index (χ0v) is 24.1. The fourth-order valence-electron chi connectivity index (χ4n) is 5.25. The number of anilines is 3. The lowest BCUT2D eigenvalue weighted by Crippen LogP contribution is -2.41. The number of primary amides is 1. The van der Waals surface area contributed by atoms with Gasteiger partial charge in [-0.1, -0.05) is 0 Å². The van der Waals surface area contributed by atoms with Crippen LogP contribution in [-0.4, -0.2) is 82.6 Å². The quantitative estimate of drug-likeness (QED) is 0.374. The van der Waals surface area contributed by atoms with Crippen LogP contribution in [-0.2, 0) is 4.79 Å². The zero-order chi connectivity index (χ0) is 29.3. The van der Waals surface area contributed by atoms with E-state index in [4.69, 9.17) is 39.4 Å². The maximum Gasteiger partial charge on any atom is 0.240 e. The van der Waals surface area contributed by atoms with Crippen LogP contribution in [0.5, 0.6) is 28.7 Å². The number of nitrogens with one attached hydrogen (secondary N) is 1. The molecule has 0 aliphatic carbocycles. The maximum absolute atomic E-state index is 12.3. The van der Waals surface area contributed by atoms with Gasteiger partial charge in [0.05, 0.1) is 47.7 Å². The molecule has 1 saturated heterocycles. The Balaban J connectivity index is 1.55. The number of fused-ring (bicyclic) bond motifs is 1. The molecule has 1 amide bonds. The van der Waals surface area contributed by atoms with Crippen molar-refractivity contribution in [1.29, 1.82) is 0 Å². The average Bonchev–Trinajstić information content (AvgIpc) is 3.62. The molecule has 41 heavy (non-hydrogen) atoms. The molecule has 13 nitrogen and oxygen atoms in total. The largest absolute Gasteiger partial charge is 0.493 e. The minimum absolute atomic E-state index is 0.361. The summed E-state index contributed by atoms with van der Waals surface area (Å²) >= 11 is 0. The Morgan fingerprint density at radius 3 is 2.20 bits per heavy atom. The van der Waals surface area contributed by atoms with E-state index in [-0.39, 0.29) is 5.91 Å². The van der Waals surface area contributed by atoms with Crippen LogP contribution in [0.15, 0.2) is 36.3 Å². The van der Waals surface area contributed by atoms with Crippen molar-refractivity contribution in [3.8, 4) is 28.7 Å². The van der Waals surface area contributed by atoms with Crippen molar-refractivity contribution in [3.63, 3.8) is 0 Å². The van der Waals surface area contributed by atoms with Gasteiger partial charge in [0.2, 0.25) is 17.6 Å². The number of methoxy groups -OCH3 is 5. The normalized spacial score (nSPS) is 16.6. The molecule has 1 aromatic heterocycles. The van der Waals surface area contributed by atoms with E-state index in [0.717, 1.165) is 23.3 Å². The van der Waals surface area contributed by atoms with Crippen LogP contribution in [0.3, 0.4) is 0 Å². The topological polar surface area (TPSA) is 137 Å². The molecule has 0 bridgehead atoms. The van der Waals surface area contributed by atoms with E-state index in [1.807, 2.05) is 46.1 Å². The summed E-state index contributed by atoms with van der Waals surface area (Å²) in [6.07, 6.45) is 3.44. The number of carbonyl (C=O) groups excluding carboxylic acids is 1. The number of nitrogens with two attached hydrogens (primary N) is 1. The summed E-state index contributed by atoms with van der Waals surface area (Å²) in [6, 6.07) is 6.94. The standard InChI is InChI=1S/C28H35N7O6/c1-33-15-34(16-10-22(39-4)25(41-6)23(11-16)40-5)14-24(33)31-28-30-18-13-21(38-3)20(37-2)12-17(18)27(32-28)35-9-7-8-19(35)26(29)36/h10-14,19H,7-9,15H2,1-6H3,(H2,29,36)(H,30,31,32)/t19-/m0/s1. The molecule has 3 N–H and O–H groups in total. The number of ether oxygens (including phenoxy) is 5. The Morgan fingerprint density at radius 2 is 1.59 bits per heavy atom. The summed E-state index contributed by atoms with van der Waals surface area (Å²) in [5.74, 6) is 4.05. The fraction of sp³-hybridized carbons (Fsp3) is 0.393. The summed E-state index contributed by atoms with van der Waals surface area (Å²) in [4.78, 5) is 27.9. The highest BCUT2D eigenvalue weighted by Crippen LogP contribution is 2.42. The van der Waals surface area contributed by atoms with Gasteiger partial charge in [-0.15, -0.1) is 0 Å².